The van der Waals surface area contributed by atoms with Gasteiger partial charge in [0.2, 0.25) is 5.91 Å². The lowest BCUT2D eigenvalue weighted by atomic mass is 9.97. The number of aromatic nitrogens is 1. The number of carbonyl (C=O) groups excluding carboxylic acids is 1. The molecule has 0 aliphatic carbocycles. The highest BCUT2D eigenvalue weighted by molar-refractivity contribution is 5.78. The van der Waals surface area contributed by atoms with Crippen LogP contribution in [0.3, 0.4) is 0 Å². The number of aryl methyl sites for hydroxylation is 1. The van der Waals surface area contributed by atoms with Crippen molar-refractivity contribution in [2.24, 2.45) is 5.92 Å². The number of piperidine rings is 1. The van der Waals surface area contributed by atoms with E-state index in [1.54, 1.807) is 0 Å². The van der Waals surface area contributed by atoms with Crippen molar-refractivity contribution in [2.75, 3.05) is 6.54 Å². The van der Waals surface area contributed by atoms with Gasteiger partial charge in [0, 0.05) is 26.4 Å². The van der Waals surface area contributed by atoms with Gasteiger partial charge < -0.3 is 9.32 Å². The van der Waals surface area contributed by atoms with E-state index < -0.39 is 0 Å². The zero-order valence-electron chi connectivity index (χ0n) is 11.3. The SMILES string of the molecule is Cc1nc2cc(CN3CCC(C#N)CC3=O)ccc2o1. The second kappa shape index (κ2) is 4.97. The standard InChI is InChI=1S/C15H15N3O2/c1-10-17-13-6-12(2-3-14(13)20-10)9-18-5-4-11(8-16)7-15(18)19/h2-3,6,11H,4-5,7,9H2,1H3. The van der Waals surface area contributed by atoms with Crippen LogP contribution in [0, 0.1) is 24.2 Å². The Morgan fingerprint density at radius 2 is 2.40 bits per heavy atom. The summed E-state index contributed by atoms with van der Waals surface area (Å²) in [5.41, 5.74) is 2.62. The van der Waals surface area contributed by atoms with Crippen molar-refractivity contribution in [3.63, 3.8) is 0 Å². The molecule has 5 heteroatoms. The van der Waals surface area contributed by atoms with Crippen LogP contribution in [0.2, 0.25) is 0 Å². The molecule has 1 aromatic carbocycles. The highest BCUT2D eigenvalue weighted by Gasteiger charge is 2.25. The van der Waals surface area contributed by atoms with Crippen molar-refractivity contribution in [2.45, 2.75) is 26.3 Å². The Bertz CT molecular complexity index is 699. The van der Waals surface area contributed by atoms with Crippen LogP contribution in [-0.2, 0) is 11.3 Å². The molecule has 1 atom stereocenters. The zero-order valence-corrected chi connectivity index (χ0v) is 11.3. The van der Waals surface area contributed by atoms with Crippen molar-refractivity contribution in [3.05, 3.63) is 29.7 Å². The van der Waals surface area contributed by atoms with Crippen molar-refractivity contribution >= 4 is 17.0 Å². The maximum atomic E-state index is 12.0. The van der Waals surface area contributed by atoms with Gasteiger partial charge >= 0.3 is 0 Å². The number of benzene rings is 1. The van der Waals surface area contributed by atoms with Gasteiger partial charge in [0.15, 0.2) is 11.5 Å². The van der Waals surface area contributed by atoms with Gasteiger partial charge in [-0.15, -0.1) is 0 Å². The van der Waals surface area contributed by atoms with Gasteiger partial charge in [-0.25, -0.2) is 4.98 Å². The Morgan fingerprint density at radius 3 is 3.15 bits per heavy atom. The molecule has 1 aliphatic rings. The predicted molar refractivity (Wildman–Crippen MR) is 72.5 cm³/mol. The van der Waals surface area contributed by atoms with Gasteiger partial charge in [0.1, 0.15) is 5.52 Å². The molecule has 1 fully saturated rings. The van der Waals surface area contributed by atoms with E-state index in [9.17, 15) is 4.79 Å². The minimum absolute atomic E-state index is 0.0548. The average molecular weight is 269 g/mol. The molecule has 2 heterocycles. The van der Waals surface area contributed by atoms with Crippen LogP contribution in [0.4, 0.5) is 0 Å². The van der Waals surface area contributed by atoms with Gasteiger partial charge in [-0.2, -0.15) is 5.26 Å². The summed E-state index contributed by atoms with van der Waals surface area (Å²) in [6.07, 6.45) is 1.09. The number of likely N-dealkylation sites (tertiary alicyclic amines) is 1. The molecule has 0 spiro atoms. The van der Waals surface area contributed by atoms with E-state index >= 15 is 0 Å². The molecule has 1 unspecified atom stereocenters. The highest BCUT2D eigenvalue weighted by Crippen LogP contribution is 2.22. The molecule has 1 amide bonds. The number of carbonyl (C=O) groups is 1. The molecule has 3 rings (SSSR count). The number of amides is 1. The normalized spacial score (nSPS) is 19.3. The molecular weight excluding hydrogens is 254 g/mol. The maximum absolute atomic E-state index is 12.0. The van der Waals surface area contributed by atoms with Crippen molar-refractivity contribution in [3.8, 4) is 6.07 Å². The third kappa shape index (κ3) is 2.37. The third-order valence-corrected chi connectivity index (χ3v) is 3.64. The van der Waals surface area contributed by atoms with Crippen LogP contribution in [0.5, 0.6) is 0 Å². The smallest absolute Gasteiger partial charge is 0.224 e. The van der Waals surface area contributed by atoms with Crippen LogP contribution < -0.4 is 0 Å². The summed E-state index contributed by atoms with van der Waals surface area (Å²) in [6.45, 7) is 3.03. The predicted octanol–water partition coefficient (Wildman–Crippen LogP) is 2.40. The Kier molecular flexibility index (Phi) is 3.15. The summed E-state index contributed by atoms with van der Waals surface area (Å²) in [7, 11) is 0. The minimum atomic E-state index is -0.126. The Hall–Kier alpha value is -2.35. The van der Waals surface area contributed by atoms with Gasteiger partial charge in [-0.05, 0) is 24.1 Å². The summed E-state index contributed by atoms with van der Waals surface area (Å²) in [6, 6.07) is 7.97. The fourth-order valence-corrected chi connectivity index (χ4v) is 2.56. The summed E-state index contributed by atoms with van der Waals surface area (Å²) < 4.78 is 5.43. The van der Waals surface area contributed by atoms with Gasteiger partial charge in [0.05, 0.1) is 12.0 Å². The van der Waals surface area contributed by atoms with Crippen LogP contribution in [-0.4, -0.2) is 22.3 Å². The topological polar surface area (TPSA) is 70.1 Å². The first-order valence-electron chi connectivity index (χ1n) is 6.69. The average Bonchev–Trinajstić information content (AvgIpc) is 2.80. The number of nitrogens with zero attached hydrogens (tertiary/aromatic N) is 3. The van der Waals surface area contributed by atoms with E-state index in [0.717, 1.165) is 23.1 Å². The summed E-state index contributed by atoms with van der Waals surface area (Å²) in [5, 5.41) is 8.87. The summed E-state index contributed by atoms with van der Waals surface area (Å²) >= 11 is 0. The summed E-state index contributed by atoms with van der Waals surface area (Å²) in [4.78, 5) is 18.1. The number of oxazole rings is 1. The van der Waals surface area contributed by atoms with Gasteiger partial charge in [0.25, 0.3) is 0 Å². The number of hydrogen-bond donors (Lipinski definition) is 0. The second-order valence-corrected chi connectivity index (χ2v) is 5.17. The van der Waals surface area contributed by atoms with Gasteiger partial charge in [-0.1, -0.05) is 6.07 Å². The first-order chi connectivity index (χ1) is 9.65. The Morgan fingerprint density at radius 1 is 1.55 bits per heavy atom. The minimum Gasteiger partial charge on any atom is -0.441 e. The fraction of sp³-hybridized carbons (Fsp3) is 0.400. The number of rotatable bonds is 2. The van der Waals surface area contributed by atoms with Gasteiger partial charge in [-0.3, -0.25) is 4.79 Å². The molecule has 102 valence electrons. The molecule has 0 bridgehead atoms. The third-order valence-electron chi connectivity index (χ3n) is 3.64. The number of fused-ring (bicyclic) bond motifs is 1. The van der Waals surface area contributed by atoms with Crippen LogP contribution in [0.1, 0.15) is 24.3 Å². The van der Waals surface area contributed by atoms with E-state index in [-0.39, 0.29) is 11.8 Å². The molecule has 0 saturated carbocycles. The zero-order chi connectivity index (χ0) is 14.1. The molecule has 1 saturated heterocycles. The lowest BCUT2D eigenvalue weighted by molar-refractivity contribution is -0.134. The largest absolute Gasteiger partial charge is 0.441 e. The van der Waals surface area contributed by atoms with E-state index in [0.29, 0.717) is 25.4 Å². The Labute approximate surface area is 116 Å². The molecule has 0 radical (unpaired) electrons. The van der Waals surface area contributed by atoms with Crippen LogP contribution >= 0.6 is 0 Å². The van der Waals surface area contributed by atoms with Crippen LogP contribution in [0.15, 0.2) is 22.6 Å². The van der Waals surface area contributed by atoms with E-state index in [1.807, 2.05) is 30.0 Å². The molecule has 1 aliphatic heterocycles. The lowest BCUT2D eigenvalue weighted by Gasteiger charge is -2.29. The maximum Gasteiger partial charge on any atom is 0.224 e. The number of nitriles is 1. The first-order valence-corrected chi connectivity index (χ1v) is 6.69. The van der Waals surface area contributed by atoms with E-state index in [4.69, 9.17) is 9.68 Å². The molecule has 5 nitrogen and oxygen atoms in total. The summed E-state index contributed by atoms with van der Waals surface area (Å²) in [5.74, 6) is 0.571. The van der Waals surface area contributed by atoms with Crippen molar-refractivity contribution < 1.29 is 9.21 Å². The highest BCUT2D eigenvalue weighted by atomic mass is 16.3. The lowest BCUT2D eigenvalue weighted by Crippen LogP contribution is -2.37. The van der Waals surface area contributed by atoms with Crippen molar-refractivity contribution in [1.82, 2.24) is 9.88 Å². The quantitative estimate of drug-likeness (QED) is 0.839. The fourth-order valence-electron chi connectivity index (χ4n) is 2.56. The molecule has 0 N–H and O–H groups in total. The van der Waals surface area contributed by atoms with E-state index in [2.05, 4.69) is 11.1 Å². The molecule has 1 aromatic heterocycles. The molecule has 2 aromatic rings. The Balaban J connectivity index is 1.76. The molecular formula is C15H15N3O2. The first kappa shape index (κ1) is 12.7. The van der Waals surface area contributed by atoms with E-state index in [1.165, 1.54) is 0 Å². The van der Waals surface area contributed by atoms with Crippen LogP contribution in [0.25, 0.3) is 11.1 Å². The number of hydrogen-bond acceptors (Lipinski definition) is 4. The monoisotopic (exact) mass is 269 g/mol. The van der Waals surface area contributed by atoms with Crippen molar-refractivity contribution in [1.29, 1.82) is 5.26 Å². The second-order valence-electron chi connectivity index (χ2n) is 5.17. The molecule has 20 heavy (non-hydrogen) atoms.